The molecule has 1 heterocycles. The number of ether oxygens (including phenoxy) is 1. The Labute approximate surface area is 122 Å². The molecule has 2 rings (SSSR count). The highest BCUT2D eigenvalue weighted by Gasteiger charge is 2.10. The number of hydrogen-bond donors (Lipinski definition) is 1. The average Bonchev–Trinajstić information content (AvgIpc) is 2.37. The van der Waals surface area contributed by atoms with Crippen LogP contribution < -0.4 is 10.5 Å². The van der Waals surface area contributed by atoms with Gasteiger partial charge in [-0.3, -0.25) is 4.98 Å². The molecule has 0 bridgehead atoms. The SMILES string of the molecule is Cc1cncc(COc2c(Cl)cc(Cl)cc2CN)c1. The van der Waals surface area contributed by atoms with Crippen molar-refractivity contribution in [3.8, 4) is 5.75 Å². The van der Waals surface area contributed by atoms with E-state index in [0.29, 0.717) is 28.9 Å². The van der Waals surface area contributed by atoms with Gasteiger partial charge < -0.3 is 10.5 Å². The number of rotatable bonds is 4. The van der Waals surface area contributed by atoms with Crippen molar-refractivity contribution in [2.75, 3.05) is 0 Å². The van der Waals surface area contributed by atoms with E-state index >= 15 is 0 Å². The predicted octanol–water partition coefficient (Wildman–Crippen LogP) is 3.73. The molecule has 1 aromatic carbocycles. The van der Waals surface area contributed by atoms with Crippen LogP contribution in [0.3, 0.4) is 0 Å². The van der Waals surface area contributed by atoms with E-state index in [4.69, 9.17) is 33.7 Å². The van der Waals surface area contributed by atoms with E-state index in [1.54, 1.807) is 24.5 Å². The van der Waals surface area contributed by atoms with Gasteiger partial charge in [-0.15, -0.1) is 0 Å². The van der Waals surface area contributed by atoms with Crippen LogP contribution >= 0.6 is 23.2 Å². The van der Waals surface area contributed by atoms with E-state index in [-0.39, 0.29) is 0 Å². The monoisotopic (exact) mass is 296 g/mol. The third kappa shape index (κ3) is 3.60. The maximum absolute atomic E-state index is 6.13. The Morgan fingerprint density at radius 3 is 2.68 bits per heavy atom. The quantitative estimate of drug-likeness (QED) is 0.935. The minimum atomic E-state index is 0.321. The van der Waals surface area contributed by atoms with Gasteiger partial charge in [0, 0.05) is 35.1 Å². The normalized spacial score (nSPS) is 10.5. The Morgan fingerprint density at radius 2 is 2.00 bits per heavy atom. The number of nitrogens with zero attached hydrogens (tertiary/aromatic N) is 1. The third-order valence-electron chi connectivity index (χ3n) is 2.62. The number of hydrogen-bond acceptors (Lipinski definition) is 3. The molecule has 0 saturated heterocycles. The molecule has 0 aliphatic heterocycles. The van der Waals surface area contributed by atoms with Gasteiger partial charge >= 0.3 is 0 Å². The van der Waals surface area contributed by atoms with Gasteiger partial charge in [-0.25, -0.2) is 0 Å². The number of pyridine rings is 1. The molecule has 0 radical (unpaired) electrons. The van der Waals surface area contributed by atoms with E-state index in [0.717, 1.165) is 16.7 Å². The Balaban J connectivity index is 2.19. The van der Waals surface area contributed by atoms with Crippen LogP contribution in [0.1, 0.15) is 16.7 Å². The van der Waals surface area contributed by atoms with Gasteiger partial charge in [0.25, 0.3) is 0 Å². The molecule has 5 heteroatoms. The molecular weight excluding hydrogens is 283 g/mol. The summed E-state index contributed by atoms with van der Waals surface area (Å²) >= 11 is 12.1. The standard InChI is InChI=1S/C14H14Cl2N2O/c1-9-2-10(7-18-6-9)8-19-14-11(5-17)3-12(15)4-13(14)16/h2-4,6-7H,5,8,17H2,1H3. The second kappa shape index (κ2) is 6.24. The number of benzene rings is 1. The predicted molar refractivity (Wildman–Crippen MR) is 77.7 cm³/mol. The summed E-state index contributed by atoms with van der Waals surface area (Å²) in [5.74, 6) is 0.579. The molecule has 0 unspecified atom stereocenters. The van der Waals surface area contributed by atoms with Crippen LogP contribution in [0.25, 0.3) is 0 Å². The number of nitrogens with two attached hydrogens (primary N) is 1. The fraction of sp³-hybridized carbons (Fsp3) is 0.214. The van der Waals surface area contributed by atoms with E-state index in [2.05, 4.69) is 4.98 Å². The van der Waals surface area contributed by atoms with Crippen molar-refractivity contribution in [3.63, 3.8) is 0 Å². The van der Waals surface area contributed by atoms with Gasteiger partial charge in [-0.05, 0) is 30.7 Å². The first-order valence-electron chi connectivity index (χ1n) is 5.81. The van der Waals surface area contributed by atoms with E-state index in [9.17, 15) is 0 Å². The van der Waals surface area contributed by atoms with E-state index < -0.39 is 0 Å². The largest absolute Gasteiger partial charge is 0.487 e. The molecule has 0 saturated carbocycles. The third-order valence-corrected chi connectivity index (χ3v) is 3.12. The molecule has 0 aliphatic rings. The molecule has 19 heavy (non-hydrogen) atoms. The zero-order valence-electron chi connectivity index (χ0n) is 10.5. The van der Waals surface area contributed by atoms with Crippen molar-refractivity contribution in [1.29, 1.82) is 0 Å². The number of aryl methyl sites for hydroxylation is 1. The molecule has 0 aliphatic carbocycles. The van der Waals surface area contributed by atoms with Gasteiger partial charge in [0.1, 0.15) is 12.4 Å². The average molecular weight is 297 g/mol. The Hall–Kier alpha value is -1.29. The summed E-state index contributed by atoms with van der Waals surface area (Å²) in [6, 6.07) is 5.42. The van der Waals surface area contributed by atoms with Gasteiger partial charge in [0.05, 0.1) is 5.02 Å². The van der Waals surface area contributed by atoms with E-state index in [1.165, 1.54) is 0 Å². The summed E-state index contributed by atoms with van der Waals surface area (Å²) < 4.78 is 5.74. The molecule has 2 N–H and O–H groups in total. The van der Waals surface area contributed by atoms with Crippen molar-refractivity contribution in [2.45, 2.75) is 20.1 Å². The smallest absolute Gasteiger partial charge is 0.142 e. The molecule has 2 aromatic rings. The molecule has 1 aromatic heterocycles. The topological polar surface area (TPSA) is 48.1 Å². The van der Waals surface area contributed by atoms with Crippen molar-refractivity contribution < 1.29 is 4.74 Å². The summed E-state index contributed by atoms with van der Waals surface area (Å²) in [5.41, 5.74) is 8.53. The first kappa shape index (κ1) is 14.1. The molecule has 0 atom stereocenters. The zero-order chi connectivity index (χ0) is 13.8. The lowest BCUT2D eigenvalue weighted by atomic mass is 10.2. The van der Waals surface area contributed by atoms with Crippen LogP contribution in [-0.4, -0.2) is 4.98 Å². The molecule has 0 amide bonds. The van der Waals surface area contributed by atoms with Crippen LogP contribution in [0.15, 0.2) is 30.6 Å². The van der Waals surface area contributed by atoms with Gasteiger partial charge in [0.15, 0.2) is 0 Å². The molecule has 3 nitrogen and oxygen atoms in total. The van der Waals surface area contributed by atoms with Gasteiger partial charge in [0.2, 0.25) is 0 Å². The lowest BCUT2D eigenvalue weighted by molar-refractivity contribution is 0.302. The minimum absolute atomic E-state index is 0.321. The number of aromatic nitrogens is 1. The first-order valence-corrected chi connectivity index (χ1v) is 6.57. The van der Waals surface area contributed by atoms with E-state index in [1.807, 2.05) is 13.0 Å². The highest BCUT2D eigenvalue weighted by atomic mass is 35.5. The summed E-state index contributed by atoms with van der Waals surface area (Å²) in [4.78, 5) is 4.12. The van der Waals surface area contributed by atoms with Crippen molar-refractivity contribution in [1.82, 2.24) is 4.98 Å². The molecule has 100 valence electrons. The minimum Gasteiger partial charge on any atom is -0.487 e. The van der Waals surface area contributed by atoms with Crippen LogP contribution in [0, 0.1) is 6.92 Å². The van der Waals surface area contributed by atoms with Crippen LogP contribution in [0.2, 0.25) is 10.0 Å². The van der Waals surface area contributed by atoms with Crippen LogP contribution in [0.5, 0.6) is 5.75 Å². The second-order valence-corrected chi connectivity index (χ2v) is 5.08. The summed E-state index contributed by atoms with van der Waals surface area (Å²) in [5, 5.41) is 1.02. The first-order chi connectivity index (χ1) is 9.10. The maximum atomic E-state index is 6.13. The zero-order valence-corrected chi connectivity index (χ0v) is 12.0. The van der Waals surface area contributed by atoms with Crippen LogP contribution in [-0.2, 0) is 13.2 Å². The Bertz CT molecular complexity index is 588. The summed E-state index contributed by atoms with van der Waals surface area (Å²) in [7, 11) is 0. The highest BCUT2D eigenvalue weighted by Crippen LogP contribution is 2.32. The molecular formula is C14H14Cl2N2O. The summed E-state index contributed by atoms with van der Waals surface area (Å²) in [6.07, 6.45) is 3.56. The van der Waals surface area contributed by atoms with Crippen molar-refractivity contribution in [3.05, 3.63) is 57.3 Å². The van der Waals surface area contributed by atoms with Crippen molar-refractivity contribution in [2.24, 2.45) is 5.73 Å². The lowest BCUT2D eigenvalue weighted by Gasteiger charge is -2.13. The van der Waals surface area contributed by atoms with Gasteiger partial charge in [-0.1, -0.05) is 23.2 Å². The fourth-order valence-corrected chi connectivity index (χ4v) is 2.37. The summed E-state index contributed by atoms with van der Waals surface area (Å²) in [6.45, 7) is 2.70. The Kier molecular flexibility index (Phi) is 4.64. The second-order valence-electron chi connectivity index (χ2n) is 4.24. The highest BCUT2D eigenvalue weighted by molar-refractivity contribution is 6.35. The fourth-order valence-electron chi connectivity index (χ4n) is 1.78. The van der Waals surface area contributed by atoms with Crippen LogP contribution in [0.4, 0.5) is 0 Å². The molecule has 0 fully saturated rings. The van der Waals surface area contributed by atoms with Crippen molar-refractivity contribution >= 4 is 23.2 Å². The Morgan fingerprint density at radius 1 is 1.21 bits per heavy atom. The maximum Gasteiger partial charge on any atom is 0.142 e. The molecule has 0 spiro atoms. The lowest BCUT2D eigenvalue weighted by Crippen LogP contribution is -2.04. The number of halogens is 2. The van der Waals surface area contributed by atoms with Gasteiger partial charge in [-0.2, -0.15) is 0 Å².